The first-order chi connectivity index (χ1) is 8.31. The van der Waals surface area contributed by atoms with Gasteiger partial charge in [0.05, 0.1) is 17.3 Å². The summed E-state index contributed by atoms with van der Waals surface area (Å²) >= 11 is 0. The molecule has 1 N–H and O–H groups in total. The van der Waals surface area contributed by atoms with Crippen LogP contribution < -0.4 is 5.32 Å². The molecular weight excluding hydrogens is 210 g/mol. The highest BCUT2D eigenvalue weighted by molar-refractivity contribution is 5.58. The van der Waals surface area contributed by atoms with Crippen molar-refractivity contribution in [2.75, 3.05) is 5.32 Å². The van der Waals surface area contributed by atoms with Crippen molar-refractivity contribution in [3.63, 3.8) is 0 Å². The van der Waals surface area contributed by atoms with Crippen LogP contribution in [0.2, 0.25) is 0 Å². The highest BCUT2D eigenvalue weighted by Gasteiger charge is 2.07. The quantitative estimate of drug-likeness (QED) is 0.869. The first-order valence-corrected chi connectivity index (χ1v) is 5.47. The summed E-state index contributed by atoms with van der Waals surface area (Å²) in [4.78, 5) is 4.08. The average Bonchev–Trinajstić information content (AvgIpc) is 2.40. The second-order valence-electron chi connectivity index (χ2n) is 3.81. The summed E-state index contributed by atoms with van der Waals surface area (Å²) < 4.78 is 0. The fourth-order valence-corrected chi connectivity index (χ4v) is 1.66. The maximum Gasteiger partial charge on any atom is 0.101 e. The maximum atomic E-state index is 9.00. The van der Waals surface area contributed by atoms with Crippen LogP contribution in [0.4, 0.5) is 5.69 Å². The molecule has 1 atom stereocenters. The van der Waals surface area contributed by atoms with E-state index in [2.05, 4.69) is 16.4 Å². The monoisotopic (exact) mass is 223 g/mol. The standard InChI is InChI=1S/C14H13N3/c1-11(13-6-4-8-16-10-13)17-14-7-3-2-5-12(14)9-15/h2-8,10-11,17H,1H3. The van der Waals surface area contributed by atoms with Crippen molar-refractivity contribution < 1.29 is 0 Å². The van der Waals surface area contributed by atoms with Gasteiger partial charge in [-0.3, -0.25) is 4.98 Å². The lowest BCUT2D eigenvalue weighted by Gasteiger charge is -2.16. The third-order valence-electron chi connectivity index (χ3n) is 2.60. The largest absolute Gasteiger partial charge is 0.377 e. The number of rotatable bonds is 3. The van der Waals surface area contributed by atoms with Crippen molar-refractivity contribution in [1.82, 2.24) is 4.98 Å². The fraction of sp³-hybridized carbons (Fsp3) is 0.143. The van der Waals surface area contributed by atoms with Crippen molar-refractivity contribution in [2.45, 2.75) is 13.0 Å². The first-order valence-electron chi connectivity index (χ1n) is 5.47. The Morgan fingerprint density at radius 1 is 1.24 bits per heavy atom. The van der Waals surface area contributed by atoms with Crippen LogP contribution in [-0.4, -0.2) is 4.98 Å². The Morgan fingerprint density at radius 3 is 2.76 bits per heavy atom. The molecule has 0 aliphatic rings. The highest BCUT2D eigenvalue weighted by Crippen LogP contribution is 2.21. The molecule has 0 aliphatic carbocycles. The topological polar surface area (TPSA) is 48.7 Å². The van der Waals surface area contributed by atoms with Gasteiger partial charge in [0.25, 0.3) is 0 Å². The number of nitrogens with one attached hydrogen (secondary N) is 1. The van der Waals surface area contributed by atoms with E-state index < -0.39 is 0 Å². The van der Waals surface area contributed by atoms with E-state index in [1.165, 1.54) is 0 Å². The van der Waals surface area contributed by atoms with Crippen LogP contribution in [-0.2, 0) is 0 Å². The van der Waals surface area contributed by atoms with Gasteiger partial charge in [-0.15, -0.1) is 0 Å². The number of hydrogen-bond acceptors (Lipinski definition) is 3. The Morgan fingerprint density at radius 2 is 2.06 bits per heavy atom. The van der Waals surface area contributed by atoms with Gasteiger partial charge in [0.1, 0.15) is 6.07 Å². The van der Waals surface area contributed by atoms with Crippen LogP contribution in [0.5, 0.6) is 0 Å². The van der Waals surface area contributed by atoms with Gasteiger partial charge in [-0.1, -0.05) is 18.2 Å². The molecule has 2 aromatic rings. The number of benzene rings is 1. The zero-order chi connectivity index (χ0) is 12.1. The lowest BCUT2D eigenvalue weighted by atomic mass is 10.1. The van der Waals surface area contributed by atoms with Gasteiger partial charge in [-0.05, 0) is 30.7 Å². The molecule has 1 aromatic heterocycles. The van der Waals surface area contributed by atoms with Crippen LogP contribution in [0.1, 0.15) is 24.1 Å². The molecule has 0 spiro atoms. The number of nitriles is 1. The van der Waals surface area contributed by atoms with Gasteiger partial charge in [0.15, 0.2) is 0 Å². The summed E-state index contributed by atoms with van der Waals surface area (Å²) in [6, 6.07) is 13.7. The third kappa shape index (κ3) is 2.61. The summed E-state index contributed by atoms with van der Waals surface area (Å²) in [6.07, 6.45) is 3.58. The van der Waals surface area contributed by atoms with Gasteiger partial charge in [0.2, 0.25) is 0 Å². The Kier molecular flexibility index (Phi) is 3.37. The zero-order valence-electron chi connectivity index (χ0n) is 9.59. The van der Waals surface area contributed by atoms with E-state index in [1.807, 2.05) is 43.5 Å². The molecule has 0 saturated heterocycles. The molecular formula is C14H13N3. The second kappa shape index (κ2) is 5.13. The van der Waals surface area contributed by atoms with Gasteiger partial charge in [0, 0.05) is 12.4 Å². The van der Waals surface area contributed by atoms with E-state index in [-0.39, 0.29) is 6.04 Å². The minimum atomic E-state index is 0.123. The zero-order valence-corrected chi connectivity index (χ0v) is 9.59. The number of aromatic nitrogens is 1. The van der Waals surface area contributed by atoms with E-state index in [9.17, 15) is 0 Å². The van der Waals surface area contributed by atoms with Crippen LogP contribution in [0.3, 0.4) is 0 Å². The van der Waals surface area contributed by atoms with Crippen LogP contribution >= 0.6 is 0 Å². The molecule has 0 amide bonds. The van der Waals surface area contributed by atoms with Gasteiger partial charge >= 0.3 is 0 Å². The summed E-state index contributed by atoms with van der Waals surface area (Å²) in [5.74, 6) is 0. The summed E-state index contributed by atoms with van der Waals surface area (Å²) in [7, 11) is 0. The van der Waals surface area contributed by atoms with E-state index in [0.717, 1.165) is 11.3 Å². The first kappa shape index (κ1) is 11.2. The highest BCUT2D eigenvalue weighted by atomic mass is 14.9. The van der Waals surface area contributed by atoms with Crippen LogP contribution in [0.15, 0.2) is 48.8 Å². The number of hydrogen-bond donors (Lipinski definition) is 1. The summed E-state index contributed by atoms with van der Waals surface area (Å²) in [6.45, 7) is 2.05. The number of anilines is 1. The number of para-hydroxylation sites is 1. The van der Waals surface area contributed by atoms with Crippen molar-refractivity contribution in [1.29, 1.82) is 5.26 Å². The van der Waals surface area contributed by atoms with E-state index in [4.69, 9.17) is 5.26 Å². The molecule has 17 heavy (non-hydrogen) atoms. The van der Waals surface area contributed by atoms with Crippen molar-refractivity contribution >= 4 is 5.69 Å². The molecule has 0 bridgehead atoms. The SMILES string of the molecule is CC(Nc1ccccc1C#N)c1cccnc1. The van der Waals surface area contributed by atoms with Gasteiger partial charge < -0.3 is 5.32 Å². The smallest absolute Gasteiger partial charge is 0.101 e. The average molecular weight is 223 g/mol. The number of nitrogens with zero attached hydrogens (tertiary/aromatic N) is 2. The molecule has 3 nitrogen and oxygen atoms in total. The molecule has 1 heterocycles. The summed E-state index contributed by atoms with van der Waals surface area (Å²) in [5, 5.41) is 12.3. The molecule has 0 saturated carbocycles. The van der Waals surface area contributed by atoms with Gasteiger partial charge in [-0.25, -0.2) is 0 Å². The molecule has 3 heteroatoms. The predicted octanol–water partition coefficient (Wildman–Crippen LogP) is 3.13. The van der Waals surface area contributed by atoms with E-state index in [1.54, 1.807) is 12.3 Å². The molecule has 0 fully saturated rings. The molecule has 84 valence electrons. The van der Waals surface area contributed by atoms with Crippen molar-refractivity contribution in [3.05, 3.63) is 59.9 Å². The predicted molar refractivity (Wildman–Crippen MR) is 67.4 cm³/mol. The van der Waals surface area contributed by atoms with E-state index in [0.29, 0.717) is 5.56 Å². The summed E-state index contributed by atoms with van der Waals surface area (Å²) in [5.41, 5.74) is 2.61. The Labute approximate surface area is 101 Å². The fourth-order valence-electron chi connectivity index (χ4n) is 1.66. The third-order valence-corrected chi connectivity index (χ3v) is 2.60. The normalized spacial score (nSPS) is 11.5. The lowest BCUT2D eigenvalue weighted by molar-refractivity contribution is 0.875. The van der Waals surface area contributed by atoms with Crippen molar-refractivity contribution in [3.8, 4) is 6.07 Å². The minimum absolute atomic E-state index is 0.123. The molecule has 0 aliphatic heterocycles. The van der Waals surface area contributed by atoms with Gasteiger partial charge in [-0.2, -0.15) is 5.26 Å². The Balaban J connectivity index is 2.19. The number of pyridine rings is 1. The van der Waals surface area contributed by atoms with Crippen LogP contribution in [0, 0.1) is 11.3 Å². The van der Waals surface area contributed by atoms with Crippen LogP contribution in [0.25, 0.3) is 0 Å². The molecule has 2 rings (SSSR count). The lowest BCUT2D eigenvalue weighted by Crippen LogP contribution is -2.07. The Hall–Kier alpha value is -2.34. The van der Waals surface area contributed by atoms with Crippen molar-refractivity contribution in [2.24, 2.45) is 0 Å². The molecule has 1 aromatic carbocycles. The second-order valence-corrected chi connectivity index (χ2v) is 3.81. The minimum Gasteiger partial charge on any atom is -0.377 e. The molecule has 1 unspecified atom stereocenters. The maximum absolute atomic E-state index is 9.00. The van der Waals surface area contributed by atoms with E-state index >= 15 is 0 Å². The molecule has 0 radical (unpaired) electrons. The Bertz CT molecular complexity index is 529.